The molecule has 22 heavy (non-hydrogen) atoms. The number of esters is 1. The number of amides is 1. The van der Waals surface area contributed by atoms with Crippen molar-refractivity contribution in [1.29, 1.82) is 0 Å². The molecule has 1 fully saturated rings. The van der Waals surface area contributed by atoms with Crippen LogP contribution in [-0.4, -0.2) is 52.3 Å². The van der Waals surface area contributed by atoms with Crippen LogP contribution >= 0.6 is 0 Å². The maximum atomic E-state index is 12.3. The molecule has 1 rings (SSSR count). The van der Waals surface area contributed by atoms with E-state index < -0.39 is 34.6 Å². The summed E-state index contributed by atoms with van der Waals surface area (Å²) in [6.07, 6.45) is -0.615. The van der Waals surface area contributed by atoms with Gasteiger partial charge in [0.15, 0.2) is 5.41 Å². The molecule has 1 saturated heterocycles. The quantitative estimate of drug-likeness (QED) is 0.619. The highest BCUT2D eigenvalue weighted by molar-refractivity contribution is 6.00. The smallest absolute Gasteiger partial charge is 0.410 e. The van der Waals surface area contributed by atoms with Gasteiger partial charge in [-0.15, -0.1) is 0 Å². The molecular weight excluding hydrogens is 290 g/mol. The average Bonchev–Trinajstić information content (AvgIpc) is 2.69. The number of ether oxygens (including phenoxy) is 2. The third-order valence-electron chi connectivity index (χ3n) is 3.12. The summed E-state index contributed by atoms with van der Waals surface area (Å²) in [5.74, 6) is -2.11. The fourth-order valence-corrected chi connectivity index (χ4v) is 2.10. The number of carboxylic acids is 1. The molecule has 0 aromatic heterocycles. The van der Waals surface area contributed by atoms with Gasteiger partial charge in [0.05, 0.1) is 6.54 Å². The Morgan fingerprint density at radius 2 is 1.50 bits per heavy atom. The Hall–Kier alpha value is -1.79. The molecule has 0 bridgehead atoms. The van der Waals surface area contributed by atoms with Crippen molar-refractivity contribution >= 4 is 18.0 Å². The number of rotatable bonds is 2. The van der Waals surface area contributed by atoms with Crippen LogP contribution < -0.4 is 0 Å². The summed E-state index contributed by atoms with van der Waals surface area (Å²) in [5.41, 5.74) is -3.21. The van der Waals surface area contributed by atoms with Crippen LogP contribution in [0, 0.1) is 5.41 Å². The zero-order chi connectivity index (χ0) is 17.3. The maximum absolute atomic E-state index is 12.3. The van der Waals surface area contributed by atoms with Crippen LogP contribution in [0.25, 0.3) is 0 Å². The zero-order valence-electron chi connectivity index (χ0n) is 14.1. The van der Waals surface area contributed by atoms with E-state index in [9.17, 15) is 19.5 Å². The third-order valence-corrected chi connectivity index (χ3v) is 3.12. The van der Waals surface area contributed by atoms with E-state index in [1.807, 2.05) is 0 Å². The molecule has 7 heteroatoms. The standard InChI is InChI=1S/C15H25NO6/c1-13(2,3)21-11(19)15(10(17)18)7-8-16(9-15)12(20)22-14(4,5)6/h7-9H2,1-6H3,(H,17,18)/t15-/m1/s1. The van der Waals surface area contributed by atoms with Gasteiger partial charge in [0.2, 0.25) is 0 Å². The summed E-state index contributed by atoms with van der Waals surface area (Å²) < 4.78 is 10.4. The second-order valence-corrected chi connectivity index (χ2v) is 7.54. The lowest BCUT2D eigenvalue weighted by molar-refractivity contribution is -0.175. The second kappa shape index (κ2) is 5.78. The van der Waals surface area contributed by atoms with Crippen molar-refractivity contribution in [3.63, 3.8) is 0 Å². The number of likely N-dealkylation sites (tertiary alicyclic amines) is 1. The summed E-state index contributed by atoms with van der Waals surface area (Å²) in [4.78, 5) is 37.2. The highest BCUT2D eigenvalue weighted by atomic mass is 16.6. The minimum Gasteiger partial charge on any atom is -0.480 e. The van der Waals surface area contributed by atoms with E-state index in [4.69, 9.17) is 9.47 Å². The van der Waals surface area contributed by atoms with Gasteiger partial charge in [-0.3, -0.25) is 9.59 Å². The second-order valence-electron chi connectivity index (χ2n) is 7.54. The molecule has 1 aliphatic rings. The molecule has 1 N–H and O–H groups in total. The van der Waals surface area contributed by atoms with Gasteiger partial charge in [0, 0.05) is 6.54 Å². The van der Waals surface area contributed by atoms with Crippen molar-refractivity contribution in [2.45, 2.75) is 59.2 Å². The number of aliphatic carboxylic acids is 1. The van der Waals surface area contributed by atoms with Crippen LogP contribution in [0.5, 0.6) is 0 Å². The van der Waals surface area contributed by atoms with Crippen LogP contribution in [0.3, 0.4) is 0 Å². The lowest BCUT2D eigenvalue weighted by Crippen LogP contribution is -2.46. The topological polar surface area (TPSA) is 93.1 Å². The fraction of sp³-hybridized carbons (Fsp3) is 0.800. The van der Waals surface area contributed by atoms with E-state index in [0.29, 0.717) is 0 Å². The molecule has 0 aliphatic carbocycles. The molecule has 7 nitrogen and oxygen atoms in total. The van der Waals surface area contributed by atoms with Crippen LogP contribution in [0.15, 0.2) is 0 Å². The zero-order valence-corrected chi connectivity index (χ0v) is 14.1. The molecule has 0 radical (unpaired) electrons. The first-order valence-electron chi connectivity index (χ1n) is 7.22. The molecule has 0 spiro atoms. The van der Waals surface area contributed by atoms with E-state index in [0.717, 1.165) is 0 Å². The first-order valence-corrected chi connectivity index (χ1v) is 7.22. The third kappa shape index (κ3) is 4.35. The van der Waals surface area contributed by atoms with Crippen molar-refractivity contribution < 1.29 is 29.0 Å². The van der Waals surface area contributed by atoms with Crippen molar-refractivity contribution in [1.82, 2.24) is 4.90 Å². The molecule has 1 atom stereocenters. The molecule has 0 aromatic carbocycles. The minimum absolute atomic E-state index is 0.0104. The van der Waals surface area contributed by atoms with E-state index in [-0.39, 0.29) is 19.5 Å². The van der Waals surface area contributed by atoms with Gasteiger partial charge >= 0.3 is 18.0 Å². The van der Waals surface area contributed by atoms with E-state index >= 15 is 0 Å². The number of carbonyl (C=O) groups is 3. The summed E-state index contributed by atoms with van der Waals surface area (Å²) in [6, 6.07) is 0. The van der Waals surface area contributed by atoms with Crippen molar-refractivity contribution in [3.8, 4) is 0 Å². The number of nitrogens with zero attached hydrogens (tertiary/aromatic N) is 1. The Kier molecular flexibility index (Phi) is 4.79. The maximum Gasteiger partial charge on any atom is 0.410 e. The summed E-state index contributed by atoms with van der Waals surface area (Å²) in [7, 11) is 0. The predicted molar refractivity (Wildman–Crippen MR) is 78.3 cm³/mol. The van der Waals surface area contributed by atoms with E-state index in [2.05, 4.69) is 0 Å². The summed E-state index contributed by atoms with van der Waals surface area (Å²) in [6.45, 7) is 10.1. The molecule has 1 heterocycles. The van der Waals surface area contributed by atoms with Gasteiger partial charge in [0.1, 0.15) is 11.2 Å². The Morgan fingerprint density at radius 3 is 1.91 bits per heavy atom. The molecule has 1 amide bonds. The van der Waals surface area contributed by atoms with Gasteiger partial charge in [-0.2, -0.15) is 0 Å². The van der Waals surface area contributed by atoms with Crippen LogP contribution in [0.4, 0.5) is 4.79 Å². The Morgan fingerprint density at radius 1 is 1.00 bits per heavy atom. The Bertz CT molecular complexity index is 473. The lowest BCUT2D eigenvalue weighted by Gasteiger charge is -2.28. The lowest BCUT2D eigenvalue weighted by atomic mass is 9.87. The predicted octanol–water partition coefficient (Wildman–Crippen LogP) is 2.04. The fourth-order valence-electron chi connectivity index (χ4n) is 2.10. The summed E-state index contributed by atoms with van der Waals surface area (Å²) in [5, 5.41) is 9.48. The number of hydrogen-bond acceptors (Lipinski definition) is 5. The van der Waals surface area contributed by atoms with E-state index in [1.165, 1.54) is 4.90 Å². The van der Waals surface area contributed by atoms with Gasteiger partial charge in [0.25, 0.3) is 0 Å². The highest BCUT2D eigenvalue weighted by Gasteiger charge is 2.55. The van der Waals surface area contributed by atoms with Crippen molar-refractivity contribution in [2.75, 3.05) is 13.1 Å². The minimum atomic E-state index is -1.73. The van der Waals surface area contributed by atoms with Gasteiger partial charge in [-0.1, -0.05) is 0 Å². The Labute approximate surface area is 130 Å². The van der Waals surface area contributed by atoms with Gasteiger partial charge in [-0.25, -0.2) is 4.79 Å². The molecule has 126 valence electrons. The van der Waals surface area contributed by atoms with Crippen LogP contribution in [-0.2, 0) is 19.1 Å². The first-order chi connectivity index (χ1) is 9.77. The molecule has 1 aliphatic heterocycles. The molecule has 0 unspecified atom stereocenters. The van der Waals surface area contributed by atoms with E-state index in [1.54, 1.807) is 41.5 Å². The van der Waals surface area contributed by atoms with Crippen LogP contribution in [0.1, 0.15) is 48.0 Å². The van der Waals surface area contributed by atoms with Crippen LogP contribution in [0.2, 0.25) is 0 Å². The monoisotopic (exact) mass is 315 g/mol. The SMILES string of the molecule is CC(C)(C)OC(=O)N1CC[C@@](C(=O)O)(C(=O)OC(C)(C)C)C1. The largest absolute Gasteiger partial charge is 0.480 e. The number of carbonyl (C=O) groups excluding carboxylic acids is 2. The average molecular weight is 315 g/mol. The number of carboxylic acid groups (broad SMARTS) is 1. The van der Waals surface area contributed by atoms with Gasteiger partial charge < -0.3 is 19.5 Å². The molecular formula is C15H25NO6. The normalized spacial score (nSPS) is 22.4. The summed E-state index contributed by atoms with van der Waals surface area (Å²) >= 11 is 0. The number of hydrogen-bond donors (Lipinski definition) is 1. The highest BCUT2D eigenvalue weighted by Crippen LogP contribution is 2.34. The first kappa shape index (κ1) is 18.3. The molecule has 0 saturated carbocycles. The van der Waals surface area contributed by atoms with Crippen molar-refractivity contribution in [2.24, 2.45) is 5.41 Å². The van der Waals surface area contributed by atoms with Crippen molar-refractivity contribution in [3.05, 3.63) is 0 Å². The molecule has 0 aromatic rings. The Balaban J connectivity index is 2.90. The van der Waals surface area contributed by atoms with Gasteiger partial charge in [-0.05, 0) is 48.0 Å².